The standard InChI is InChI=1S/C15H14ClNO3/c1-19-14-7-5-11(6-8-14)10-20-15(18)17-13-4-2-3-12(16)9-13/h2-9H,10H2,1H3,(H,17,18). The van der Waals surface area contributed by atoms with Gasteiger partial charge in [-0.3, -0.25) is 5.32 Å². The minimum absolute atomic E-state index is 0.191. The van der Waals surface area contributed by atoms with Crippen LogP contribution < -0.4 is 10.1 Å². The van der Waals surface area contributed by atoms with E-state index in [-0.39, 0.29) is 6.61 Å². The average Bonchev–Trinajstić information content (AvgIpc) is 2.46. The molecule has 0 atom stereocenters. The van der Waals surface area contributed by atoms with Crippen molar-refractivity contribution < 1.29 is 14.3 Å². The molecular formula is C15H14ClNO3. The van der Waals surface area contributed by atoms with E-state index in [0.29, 0.717) is 10.7 Å². The summed E-state index contributed by atoms with van der Waals surface area (Å²) in [5.74, 6) is 0.761. The van der Waals surface area contributed by atoms with Gasteiger partial charge in [-0.1, -0.05) is 29.8 Å². The molecule has 104 valence electrons. The van der Waals surface area contributed by atoms with Crippen molar-refractivity contribution >= 4 is 23.4 Å². The van der Waals surface area contributed by atoms with Gasteiger partial charge in [0.15, 0.2) is 0 Å². The fraction of sp³-hybridized carbons (Fsp3) is 0.133. The first-order valence-electron chi connectivity index (χ1n) is 5.99. The second-order valence-corrected chi connectivity index (χ2v) is 4.50. The maximum atomic E-state index is 11.6. The Morgan fingerprint density at radius 2 is 1.95 bits per heavy atom. The van der Waals surface area contributed by atoms with E-state index < -0.39 is 6.09 Å². The number of hydrogen-bond donors (Lipinski definition) is 1. The third-order valence-corrected chi connectivity index (χ3v) is 2.84. The molecule has 0 aromatic heterocycles. The Hall–Kier alpha value is -2.20. The number of anilines is 1. The van der Waals surface area contributed by atoms with Crippen LogP contribution in [0.1, 0.15) is 5.56 Å². The SMILES string of the molecule is COc1ccc(COC(=O)Nc2cccc(Cl)c2)cc1. The molecule has 0 fully saturated rings. The Morgan fingerprint density at radius 3 is 2.60 bits per heavy atom. The van der Waals surface area contributed by atoms with Crippen molar-refractivity contribution in [3.63, 3.8) is 0 Å². The van der Waals surface area contributed by atoms with E-state index in [4.69, 9.17) is 21.1 Å². The van der Waals surface area contributed by atoms with Crippen molar-refractivity contribution in [2.24, 2.45) is 0 Å². The van der Waals surface area contributed by atoms with Gasteiger partial charge < -0.3 is 9.47 Å². The van der Waals surface area contributed by atoms with Crippen molar-refractivity contribution in [2.45, 2.75) is 6.61 Å². The molecule has 5 heteroatoms. The molecule has 0 aliphatic heterocycles. The van der Waals surface area contributed by atoms with Crippen molar-refractivity contribution in [1.29, 1.82) is 0 Å². The summed E-state index contributed by atoms with van der Waals surface area (Å²) in [4.78, 5) is 11.6. The fourth-order valence-electron chi connectivity index (χ4n) is 1.59. The zero-order chi connectivity index (χ0) is 14.4. The first kappa shape index (κ1) is 14.2. The van der Waals surface area contributed by atoms with Crippen molar-refractivity contribution in [3.8, 4) is 5.75 Å². The van der Waals surface area contributed by atoms with Crippen LogP contribution in [0.2, 0.25) is 5.02 Å². The van der Waals surface area contributed by atoms with Crippen LogP contribution in [0.4, 0.5) is 10.5 Å². The number of methoxy groups -OCH3 is 1. The van der Waals surface area contributed by atoms with Crippen LogP contribution in [-0.4, -0.2) is 13.2 Å². The third kappa shape index (κ3) is 4.17. The molecule has 2 aromatic rings. The first-order valence-corrected chi connectivity index (χ1v) is 6.37. The normalized spacial score (nSPS) is 9.90. The van der Waals surface area contributed by atoms with Crippen molar-refractivity contribution in [2.75, 3.05) is 12.4 Å². The lowest BCUT2D eigenvalue weighted by Gasteiger charge is -2.07. The van der Waals surface area contributed by atoms with Crippen LogP contribution in [0.25, 0.3) is 0 Å². The van der Waals surface area contributed by atoms with Crippen LogP contribution in [0, 0.1) is 0 Å². The smallest absolute Gasteiger partial charge is 0.411 e. The van der Waals surface area contributed by atoms with Crippen LogP contribution in [0.15, 0.2) is 48.5 Å². The van der Waals surface area contributed by atoms with E-state index in [0.717, 1.165) is 11.3 Å². The Labute approximate surface area is 122 Å². The molecule has 0 radical (unpaired) electrons. The molecule has 0 aliphatic carbocycles. The maximum Gasteiger partial charge on any atom is 0.411 e. The van der Waals surface area contributed by atoms with Gasteiger partial charge >= 0.3 is 6.09 Å². The predicted molar refractivity (Wildman–Crippen MR) is 78.3 cm³/mol. The van der Waals surface area contributed by atoms with Gasteiger partial charge in [-0.15, -0.1) is 0 Å². The lowest BCUT2D eigenvalue weighted by Crippen LogP contribution is -2.13. The Kier molecular flexibility index (Phi) is 4.85. The van der Waals surface area contributed by atoms with Gasteiger partial charge in [0.1, 0.15) is 12.4 Å². The quantitative estimate of drug-likeness (QED) is 0.922. The largest absolute Gasteiger partial charge is 0.497 e. The highest BCUT2D eigenvalue weighted by molar-refractivity contribution is 6.30. The fourth-order valence-corrected chi connectivity index (χ4v) is 1.78. The summed E-state index contributed by atoms with van der Waals surface area (Å²) in [7, 11) is 1.60. The summed E-state index contributed by atoms with van der Waals surface area (Å²) in [6, 6.07) is 14.2. The summed E-state index contributed by atoms with van der Waals surface area (Å²) in [6.07, 6.45) is -0.525. The minimum Gasteiger partial charge on any atom is -0.497 e. The number of amides is 1. The van der Waals surface area contributed by atoms with Gasteiger partial charge in [-0.25, -0.2) is 4.79 Å². The zero-order valence-corrected chi connectivity index (χ0v) is 11.7. The number of hydrogen-bond acceptors (Lipinski definition) is 3. The van der Waals surface area contributed by atoms with E-state index in [1.165, 1.54) is 0 Å². The average molecular weight is 292 g/mol. The molecule has 2 rings (SSSR count). The van der Waals surface area contributed by atoms with E-state index in [9.17, 15) is 4.79 Å². The molecule has 4 nitrogen and oxygen atoms in total. The molecule has 0 heterocycles. The summed E-state index contributed by atoms with van der Waals surface area (Å²) >= 11 is 5.83. The van der Waals surface area contributed by atoms with Gasteiger partial charge in [-0.2, -0.15) is 0 Å². The van der Waals surface area contributed by atoms with Gasteiger partial charge in [0, 0.05) is 10.7 Å². The first-order chi connectivity index (χ1) is 9.67. The second-order valence-electron chi connectivity index (χ2n) is 4.06. The molecule has 1 N–H and O–H groups in total. The monoisotopic (exact) mass is 291 g/mol. The lowest BCUT2D eigenvalue weighted by atomic mass is 10.2. The van der Waals surface area contributed by atoms with Crippen LogP contribution in [0.5, 0.6) is 5.75 Å². The topological polar surface area (TPSA) is 47.6 Å². The van der Waals surface area contributed by atoms with Crippen LogP contribution in [-0.2, 0) is 11.3 Å². The van der Waals surface area contributed by atoms with Crippen molar-refractivity contribution in [3.05, 3.63) is 59.1 Å². The number of nitrogens with one attached hydrogen (secondary N) is 1. The number of rotatable bonds is 4. The zero-order valence-electron chi connectivity index (χ0n) is 10.9. The number of benzene rings is 2. The highest BCUT2D eigenvalue weighted by Gasteiger charge is 2.04. The van der Waals surface area contributed by atoms with E-state index in [1.807, 2.05) is 24.3 Å². The molecule has 20 heavy (non-hydrogen) atoms. The third-order valence-electron chi connectivity index (χ3n) is 2.60. The van der Waals surface area contributed by atoms with Gasteiger partial charge in [0.25, 0.3) is 0 Å². The molecule has 0 bridgehead atoms. The summed E-state index contributed by atoms with van der Waals surface area (Å²) in [5, 5.41) is 3.16. The molecule has 0 saturated heterocycles. The predicted octanol–water partition coefficient (Wildman–Crippen LogP) is 4.10. The highest BCUT2D eigenvalue weighted by Crippen LogP contribution is 2.16. The number of ether oxygens (including phenoxy) is 2. The summed E-state index contributed by atoms with van der Waals surface area (Å²) in [5.41, 5.74) is 1.48. The number of carbonyl (C=O) groups is 1. The summed E-state index contributed by atoms with van der Waals surface area (Å²) < 4.78 is 10.2. The minimum atomic E-state index is -0.525. The van der Waals surface area contributed by atoms with Gasteiger partial charge in [-0.05, 0) is 35.9 Å². The van der Waals surface area contributed by atoms with Crippen LogP contribution in [0.3, 0.4) is 0 Å². The van der Waals surface area contributed by atoms with E-state index >= 15 is 0 Å². The molecule has 2 aromatic carbocycles. The van der Waals surface area contributed by atoms with Crippen molar-refractivity contribution in [1.82, 2.24) is 0 Å². The maximum absolute atomic E-state index is 11.6. The van der Waals surface area contributed by atoms with E-state index in [2.05, 4.69) is 5.32 Å². The number of halogens is 1. The highest BCUT2D eigenvalue weighted by atomic mass is 35.5. The van der Waals surface area contributed by atoms with Gasteiger partial charge in [0.05, 0.1) is 7.11 Å². The lowest BCUT2D eigenvalue weighted by molar-refractivity contribution is 0.155. The molecular weight excluding hydrogens is 278 g/mol. The molecule has 1 amide bonds. The summed E-state index contributed by atoms with van der Waals surface area (Å²) in [6.45, 7) is 0.191. The molecule has 0 spiro atoms. The Bertz CT molecular complexity index is 584. The number of carbonyl (C=O) groups excluding carboxylic acids is 1. The molecule has 0 saturated carbocycles. The Balaban J connectivity index is 1.85. The molecule has 0 aliphatic rings. The van der Waals surface area contributed by atoms with Crippen LogP contribution >= 0.6 is 11.6 Å². The van der Waals surface area contributed by atoms with Gasteiger partial charge in [0.2, 0.25) is 0 Å². The van der Waals surface area contributed by atoms with E-state index in [1.54, 1.807) is 31.4 Å². The Morgan fingerprint density at radius 1 is 1.20 bits per heavy atom. The molecule has 0 unspecified atom stereocenters. The second kappa shape index (κ2) is 6.82.